The number of rotatable bonds is 10. The molecule has 5 saturated carbocycles. The Morgan fingerprint density at radius 3 is 2.60 bits per heavy atom. The van der Waals surface area contributed by atoms with Crippen LogP contribution < -0.4 is 16.0 Å². The Hall–Kier alpha value is -2.45. The standard InChI is InChI=1S/C32H43N7O2S/c1-42-29-23(3-2-8-34-29)18-36-30-37-19-26(16-33)28(39-30)38-20-31-13-22-11-24(14-31)27(25(12-22)15-31)35-17-21-4-6-32(7-5-21)40-9-10-41-32/h2-3,8,19,21-22,24-25,27,35H,4-7,9-15,17-18,20H2,1H3,(H2,36,37,38,39)/t22?,24-,25+,27+,31-. The molecule has 1 aliphatic heterocycles. The van der Waals surface area contributed by atoms with Gasteiger partial charge < -0.3 is 25.4 Å². The molecule has 3 heterocycles. The Labute approximate surface area is 253 Å². The van der Waals surface area contributed by atoms with E-state index >= 15 is 0 Å². The molecule has 224 valence electrons. The molecule has 5 atom stereocenters. The summed E-state index contributed by atoms with van der Waals surface area (Å²) in [7, 11) is 0. The molecule has 4 bridgehead atoms. The molecule has 2 aromatic rings. The van der Waals surface area contributed by atoms with E-state index in [4.69, 9.17) is 14.5 Å². The fourth-order valence-electron chi connectivity index (χ4n) is 9.02. The van der Waals surface area contributed by atoms with Gasteiger partial charge in [-0.15, -0.1) is 11.8 Å². The molecular formula is C32H43N7O2S. The topological polar surface area (TPSA) is 117 Å². The third-order valence-electron chi connectivity index (χ3n) is 10.7. The number of ether oxygens (including phenoxy) is 2. The zero-order valence-corrected chi connectivity index (χ0v) is 25.4. The Morgan fingerprint density at radius 1 is 1.07 bits per heavy atom. The summed E-state index contributed by atoms with van der Waals surface area (Å²) < 4.78 is 11.9. The molecule has 9 nitrogen and oxygen atoms in total. The molecule has 1 spiro atoms. The summed E-state index contributed by atoms with van der Waals surface area (Å²) in [5.74, 6) is 3.96. The SMILES string of the molecule is CSc1ncccc1CNc1ncc(C#N)c(NC[C@]23CC4C[C@H](C2)[C@H](NCC2CCC5(CC2)OCCO5)[C@@H](C4)C3)n1. The molecule has 3 N–H and O–H groups in total. The van der Waals surface area contributed by atoms with Gasteiger partial charge in [0.05, 0.1) is 19.4 Å². The molecule has 0 aromatic carbocycles. The largest absolute Gasteiger partial charge is 0.368 e. The highest BCUT2D eigenvalue weighted by atomic mass is 32.2. The van der Waals surface area contributed by atoms with Crippen molar-refractivity contribution in [2.75, 3.05) is 43.2 Å². The van der Waals surface area contributed by atoms with Crippen LogP contribution in [0.1, 0.15) is 68.9 Å². The van der Waals surface area contributed by atoms with Crippen LogP contribution in [0.5, 0.6) is 0 Å². The van der Waals surface area contributed by atoms with Crippen LogP contribution in [0.2, 0.25) is 0 Å². The molecule has 8 rings (SSSR count). The van der Waals surface area contributed by atoms with Crippen LogP contribution in [0.15, 0.2) is 29.6 Å². The van der Waals surface area contributed by atoms with Gasteiger partial charge in [0.25, 0.3) is 0 Å². The summed E-state index contributed by atoms with van der Waals surface area (Å²) >= 11 is 1.63. The lowest BCUT2D eigenvalue weighted by Gasteiger charge is -2.60. The minimum absolute atomic E-state index is 0.262. The van der Waals surface area contributed by atoms with Crippen molar-refractivity contribution in [2.24, 2.45) is 29.1 Å². The smallest absolute Gasteiger partial charge is 0.224 e. The zero-order chi connectivity index (χ0) is 28.6. The third-order valence-corrected chi connectivity index (χ3v) is 11.5. The minimum atomic E-state index is -0.262. The first-order valence-electron chi connectivity index (χ1n) is 15.8. The van der Waals surface area contributed by atoms with E-state index in [0.29, 0.717) is 29.9 Å². The van der Waals surface area contributed by atoms with Crippen molar-refractivity contribution in [1.29, 1.82) is 5.26 Å². The lowest BCUT2D eigenvalue weighted by molar-refractivity contribution is -0.182. The number of nitriles is 1. The molecule has 2 aromatic heterocycles. The Balaban J connectivity index is 0.956. The van der Waals surface area contributed by atoms with Gasteiger partial charge in [-0.3, -0.25) is 0 Å². The summed E-state index contributed by atoms with van der Waals surface area (Å²) in [4.78, 5) is 13.6. The van der Waals surface area contributed by atoms with Crippen LogP contribution in [0.3, 0.4) is 0 Å². The average Bonchev–Trinajstić information content (AvgIpc) is 3.47. The van der Waals surface area contributed by atoms with Gasteiger partial charge in [-0.25, -0.2) is 9.97 Å². The van der Waals surface area contributed by atoms with Gasteiger partial charge in [0, 0.05) is 43.7 Å². The second-order valence-corrected chi connectivity index (χ2v) is 14.2. The maximum Gasteiger partial charge on any atom is 0.224 e. The number of aromatic nitrogens is 3. The van der Waals surface area contributed by atoms with Crippen molar-refractivity contribution < 1.29 is 9.47 Å². The maximum absolute atomic E-state index is 9.78. The number of hydrogen-bond donors (Lipinski definition) is 3. The molecular weight excluding hydrogens is 546 g/mol. The van der Waals surface area contributed by atoms with Crippen molar-refractivity contribution in [3.63, 3.8) is 0 Å². The highest BCUT2D eigenvalue weighted by molar-refractivity contribution is 7.98. The molecule has 1 saturated heterocycles. The summed E-state index contributed by atoms with van der Waals surface area (Å²) in [5.41, 5.74) is 1.89. The van der Waals surface area contributed by atoms with E-state index in [9.17, 15) is 5.26 Å². The lowest BCUT2D eigenvalue weighted by atomic mass is 9.48. The van der Waals surface area contributed by atoms with E-state index < -0.39 is 0 Å². The lowest BCUT2D eigenvalue weighted by Crippen LogP contribution is -2.60. The number of anilines is 2. The predicted octanol–water partition coefficient (Wildman–Crippen LogP) is 5.21. The molecule has 1 unspecified atom stereocenters. The Kier molecular flexibility index (Phi) is 8.03. The molecule has 6 fully saturated rings. The van der Waals surface area contributed by atoms with Crippen LogP contribution in [0, 0.1) is 40.4 Å². The monoisotopic (exact) mass is 589 g/mol. The fourth-order valence-corrected chi connectivity index (χ4v) is 9.59. The fraction of sp³-hybridized carbons (Fsp3) is 0.688. The number of hydrogen-bond acceptors (Lipinski definition) is 10. The van der Waals surface area contributed by atoms with Gasteiger partial charge >= 0.3 is 0 Å². The van der Waals surface area contributed by atoms with Crippen molar-refractivity contribution >= 4 is 23.5 Å². The van der Waals surface area contributed by atoms with E-state index in [1.54, 1.807) is 18.0 Å². The van der Waals surface area contributed by atoms with Gasteiger partial charge in [-0.2, -0.15) is 10.2 Å². The number of nitrogens with zero attached hydrogens (tertiary/aromatic N) is 4. The highest BCUT2D eigenvalue weighted by Gasteiger charge is 2.55. The van der Waals surface area contributed by atoms with Gasteiger partial charge in [-0.05, 0) is 92.9 Å². The molecule has 10 heteroatoms. The second kappa shape index (κ2) is 11.9. The van der Waals surface area contributed by atoms with E-state index in [0.717, 1.165) is 73.4 Å². The first kappa shape index (κ1) is 28.3. The number of nitrogens with one attached hydrogen (secondary N) is 3. The van der Waals surface area contributed by atoms with Crippen LogP contribution in [-0.2, 0) is 16.0 Å². The highest BCUT2D eigenvalue weighted by Crippen LogP contribution is 2.60. The van der Waals surface area contributed by atoms with Crippen LogP contribution in [0.4, 0.5) is 11.8 Å². The molecule has 0 radical (unpaired) electrons. The maximum atomic E-state index is 9.78. The predicted molar refractivity (Wildman–Crippen MR) is 163 cm³/mol. The molecule has 6 aliphatic rings. The number of thioether (sulfide) groups is 1. The van der Waals surface area contributed by atoms with E-state index in [1.165, 1.54) is 44.9 Å². The zero-order valence-electron chi connectivity index (χ0n) is 24.6. The summed E-state index contributed by atoms with van der Waals surface area (Å²) in [6.07, 6.45) is 16.5. The first-order chi connectivity index (χ1) is 20.6. The Morgan fingerprint density at radius 2 is 1.86 bits per heavy atom. The van der Waals surface area contributed by atoms with Crippen molar-refractivity contribution in [2.45, 2.75) is 81.2 Å². The molecule has 5 aliphatic carbocycles. The van der Waals surface area contributed by atoms with Gasteiger partial charge in [0.15, 0.2) is 5.79 Å². The van der Waals surface area contributed by atoms with E-state index in [2.05, 4.69) is 38.1 Å². The van der Waals surface area contributed by atoms with Gasteiger partial charge in [0.2, 0.25) is 5.95 Å². The molecule has 42 heavy (non-hydrogen) atoms. The average molecular weight is 590 g/mol. The molecule has 0 amide bonds. The minimum Gasteiger partial charge on any atom is -0.368 e. The van der Waals surface area contributed by atoms with Crippen LogP contribution >= 0.6 is 11.8 Å². The van der Waals surface area contributed by atoms with Crippen molar-refractivity contribution in [3.8, 4) is 6.07 Å². The van der Waals surface area contributed by atoms with E-state index in [1.807, 2.05) is 18.5 Å². The quantitative estimate of drug-likeness (QED) is 0.319. The Bertz CT molecular complexity index is 1290. The van der Waals surface area contributed by atoms with Crippen molar-refractivity contribution in [3.05, 3.63) is 35.7 Å². The van der Waals surface area contributed by atoms with E-state index in [-0.39, 0.29) is 11.2 Å². The van der Waals surface area contributed by atoms with Crippen LogP contribution in [0.25, 0.3) is 0 Å². The third kappa shape index (κ3) is 5.73. The van der Waals surface area contributed by atoms with Gasteiger partial charge in [0.1, 0.15) is 22.5 Å². The summed E-state index contributed by atoms with van der Waals surface area (Å²) in [6, 6.07) is 6.95. The number of pyridine rings is 1. The summed E-state index contributed by atoms with van der Waals surface area (Å²) in [6.45, 7) is 4.10. The first-order valence-corrected chi connectivity index (χ1v) is 17.0. The van der Waals surface area contributed by atoms with Crippen molar-refractivity contribution in [1.82, 2.24) is 20.3 Å². The van der Waals surface area contributed by atoms with Gasteiger partial charge in [-0.1, -0.05) is 6.07 Å². The second-order valence-electron chi connectivity index (χ2n) is 13.4. The summed E-state index contributed by atoms with van der Waals surface area (Å²) in [5, 5.41) is 21.8. The normalized spacial score (nSPS) is 31.3. The van der Waals surface area contributed by atoms with Crippen LogP contribution in [-0.4, -0.2) is 59.3 Å².